The number of carbonyl (C=O) groups is 1. The van der Waals surface area contributed by atoms with Crippen molar-refractivity contribution in [1.29, 1.82) is 0 Å². The molecule has 7 heteroatoms. The van der Waals surface area contributed by atoms with Crippen LogP contribution in [0.4, 0.5) is 0 Å². The van der Waals surface area contributed by atoms with Crippen molar-refractivity contribution in [3.63, 3.8) is 0 Å². The summed E-state index contributed by atoms with van der Waals surface area (Å²) in [5, 5.41) is 11.2. The maximum absolute atomic E-state index is 11.0. The molecular formula is C7H16N2O4S. The predicted octanol–water partition coefficient (Wildman–Crippen LogP) is -1.15. The molecule has 0 aliphatic carbocycles. The molecule has 14 heavy (non-hydrogen) atoms. The number of carboxylic acid groups (broad SMARTS) is 1. The van der Waals surface area contributed by atoms with E-state index >= 15 is 0 Å². The van der Waals surface area contributed by atoms with Crippen molar-refractivity contribution in [3.8, 4) is 0 Å². The smallest absolute Gasteiger partial charge is 0.320 e. The van der Waals surface area contributed by atoms with Gasteiger partial charge in [-0.2, -0.15) is 0 Å². The van der Waals surface area contributed by atoms with Crippen molar-refractivity contribution >= 4 is 16.0 Å². The Balaban J connectivity index is 3.93. The van der Waals surface area contributed by atoms with Crippen molar-refractivity contribution in [2.24, 2.45) is 5.92 Å². The normalized spacial score (nSPS) is 13.9. The lowest BCUT2D eigenvalue weighted by molar-refractivity contribution is -0.134. The number of nitrogens with one attached hydrogen (secondary N) is 2. The van der Waals surface area contributed by atoms with E-state index < -0.39 is 21.7 Å². The van der Waals surface area contributed by atoms with Crippen LogP contribution in [0, 0.1) is 5.92 Å². The van der Waals surface area contributed by atoms with Gasteiger partial charge in [0.15, 0.2) is 5.75 Å². The minimum Gasteiger partial charge on any atom is -0.480 e. The van der Waals surface area contributed by atoms with E-state index in [2.05, 4.69) is 10.0 Å². The third-order valence-corrected chi connectivity index (χ3v) is 2.75. The molecule has 0 heterocycles. The number of hydrogen-bond acceptors (Lipinski definition) is 4. The lowest BCUT2D eigenvalue weighted by Gasteiger charge is -2.11. The second-order valence-corrected chi connectivity index (χ2v) is 4.97. The molecule has 1 unspecified atom stereocenters. The van der Waals surface area contributed by atoms with Crippen LogP contribution in [0.3, 0.4) is 0 Å². The lowest BCUT2D eigenvalue weighted by Crippen LogP contribution is -2.35. The Labute approximate surface area is 83.7 Å². The fourth-order valence-corrected chi connectivity index (χ4v) is 1.87. The molecule has 0 fully saturated rings. The van der Waals surface area contributed by atoms with Gasteiger partial charge in [-0.05, 0) is 19.5 Å². The van der Waals surface area contributed by atoms with E-state index in [9.17, 15) is 13.2 Å². The minimum atomic E-state index is -3.67. The average Bonchev–Trinajstić information content (AvgIpc) is 1.99. The molecule has 0 aliphatic rings. The molecule has 0 aromatic heterocycles. The molecule has 0 aromatic carbocycles. The SMILES string of the molecule is CNCC(C)CNS(=O)(=O)CC(=O)O. The minimum absolute atomic E-state index is 0.128. The molecule has 0 radical (unpaired) electrons. The molecule has 0 spiro atoms. The molecule has 0 aromatic rings. The summed E-state index contributed by atoms with van der Waals surface area (Å²) in [5.74, 6) is -2.10. The van der Waals surface area contributed by atoms with E-state index in [4.69, 9.17) is 5.11 Å². The summed E-state index contributed by atoms with van der Waals surface area (Å²) in [4.78, 5) is 10.2. The van der Waals surface area contributed by atoms with Crippen molar-refractivity contribution in [3.05, 3.63) is 0 Å². The Morgan fingerprint density at radius 3 is 2.43 bits per heavy atom. The summed E-state index contributed by atoms with van der Waals surface area (Å²) in [6, 6.07) is 0. The van der Waals surface area contributed by atoms with E-state index in [1.54, 1.807) is 7.05 Å². The quantitative estimate of drug-likeness (QED) is 0.507. The fraction of sp³-hybridized carbons (Fsp3) is 0.857. The second-order valence-electron chi connectivity index (χ2n) is 3.16. The summed E-state index contributed by atoms with van der Waals surface area (Å²) in [5.41, 5.74) is 0. The Bertz CT molecular complexity index is 275. The largest absolute Gasteiger partial charge is 0.480 e. The average molecular weight is 224 g/mol. The van der Waals surface area contributed by atoms with Crippen molar-refractivity contribution in [2.75, 3.05) is 25.9 Å². The molecule has 0 aliphatic heterocycles. The molecule has 0 rings (SSSR count). The first-order valence-electron chi connectivity index (χ1n) is 4.21. The summed E-state index contributed by atoms with van der Waals surface area (Å²) in [6.45, 7) is 2.78. The molecule has 0 bridgehead atoms. The van der Waals surface area contributed by atoms with Gasteiger partial charge in [0.25, 0.3) is 0 Å². The number of carboxylic acids is 1. The molecule has 0 amide bonds. The number of rotatable bonds is 7. The maximum Gasteiger partial charge on any atom is 0.320 e. The van der Waals surface area contributed by atoms with Gasteiger partial charge in [-0.15, -0.1) is 0 Å². The molecule has 3 N–H and O–H groups in total. The summed E-state index contributed by atoms with van der Waals surface area (Å²) in [7, 11) is -1.91. The predicted molar refractivity (Wildman–Crippen MR) is 52.5 cm³/mol. The summed E-state index contributed by atoms with van der Waals surface area (Å²) in [6.07, 6.45) is 0. The van der Waals surface area contributed by atoms with Gasteiger partial charge in [-0.1, -0.05) is 6.92 Å². The van der Waals surface area contributed by atoms with Gasteiger partial charge >= 0.3 is 5.97 Å². The van der Waals surface area contributed by atoms with Crippen LogP contribution in [-0.4, -0.2) is 45.4 Å². The van der Waals surface area contributed by atoms with E-state index in [0.717, 1.165) is 0 Å². The number of aliphatic carboxylic acids is 1. The molecular weight excluding hydrogens is 208 g/mol. The Morgan fingerprint density at radius 2 is 2.00 bits per heavy atom. The van der Waals surface area contributed by atoms with Gasteiger partial charge in [0.2, 0.25) is 10.0 Å². The second kappa shape index (κ2) is 5.94. The zero-order chi connectivity index (χ0) is 11.2. The third kappa shape index (κ3) is 6.81. The van der Waals surface area contributed by atoms with Crippen LogP contribution < -0.4 is 10.0 Å². The van der Waals surface area contributed by atoms with Crippen LogP contribution in [0.5, 0.6) is 0 Å². The highest BCUT2D eigenvalue weighted by Gasteiger charge is 2.15. The topological polar surface area (TPSA) is 95.5 Å². The molecule has 0 saturated heterocycles. The fourth-order valence-electron chi connectivity index (χ4n) is 0.903. The van der Waals surface area contributed by atoms with Crippen LogP contribution in [0.15, 0.2) is 0 Å². The Hall–Kier alpha value is -0.660. The lowest BCUT2D eigenvalue weighted by atomic mass is 10.2. The van der Waals surface area contributed by atoms with Gasteiger partial charge in [-0.25, -0.2) is 13.1 Å². The van der Waals surface area contributed by atoms with Gasteiger partial charge in [0.05, 0.1) is 0 Å². The maximum atomic E-state index is 11.0. The Morgan fingerprint density at radius 1 is 1.43 bits per heavy atom. The van der Waals surface area contributed by atoms with Crippen molar-refractivity contribution < 1.29 is 18.3 Å². The summed E-state index contributed by atoms with van der Waals surface area (Å²) >= 11 is 0. The van der Waals surface area contributed by atoms with E-state index in [1.807, 2.05) is 6.92 Å². The molecule has 6 nitrogen and oxygen atoms in total. The van der Waals surface area contributed by atoms with E-state index in [1.165, 1.54) is 0 Å². The zero-order valence-corrected chi connectivity index (χ0v) is 9.10. The van der Waals surface area contributed by atoms with E-state index in [0.29, 0.717) is 6.54 Å². The van der Waals surface area contributed by atoms with Crippen molar-refractivity contribution in [2.45, 2.75) is 6.92 Å². The highest BCUT2D eigenvalue weighted by atomic mass is 32.2. The van der Waals surface area contributed by atoms with Crippen LogP contribution in [0.25, 0.3) is 0 Å². The summed E-state index contributed by atoms with van der Waals surface area (Å²) < 4.78 is 24.3. The van der Waals surface area contributed by atoms with Gasteiger partial charge in [0, 0.05) is 6.54 Å². The van der Waals surface area contributed by atoms with Crippen LogP contribution in [0.2, 0.25) is 0 Å². The van der Waals surface area contributed by atoms with Gasteiger partial charge < -0.3 is 10.4 Å². The van der Waals surface area contributed by atoms with Crippen molar-refractivity contribution in [1.82, 2.24) is 10.0 Å². The molecule has 84 valence electrons. The van der Waals surface area contributed by atoms with Crippen LogP contribution in [0.1, 0.15) is 6.92 Å². The first-order chi connectivity index (χ1) is 6.37. The highest BCUT2D eigenvalue weighted by Crippen LogP contribution is 1.92. The first kappa shape index (κ1) is 13.3. The van der Waals surface area contributed by atoms with E-state index in [-0.39, 0.29) is 12.5 Å². The number of sulfonamides is 1. The first-order valence-corrected chi connectivity index (χ1v) is 5.86. The highest BCUT2D eigenvalue weighted by molar-refractivity contribution is 7.90. The Kier molecular flexibility index (Phi) is 5.66. The van der Waals surface area contributed by atoms with Gasteiger partial charge in [0.1, 0.15) is 0 Å². The monoisotopic (exact) mass is 224 g/mol. The third-order valence-electron chi connectivity index (χ3n) is 1.52. The zero-order valence-electron chi connectivity index (χ0n) is 8.28. The van der Waals surface area contributed by atoms with Crippen LogP contribution >= 0.6 is 0 Å². The molecule has 0 saturated carbocycles. The molecule has 1 atom stereocenters. The number of hydrogen-bond donors (Lipinski definition) is 3. The van der Waals surface area contributed by atoms with Crippen LogP contribution in [-0.2, 0) is 14.8 Å². The van der Waals surface area contributed by atoms with Gasteiger partial charge in [-0.3, -0.25) is 4.79 Å². The standard InChI is InChI=1S/C7H16N2O4S/c1-6(3-8-2)4-9-14(12,13)5-7(10)11/h6,8-9H,3-5H2,1-2H3,(H,10,11).